The van der Waals surface area contributed by atoms with Crippen molar-refractivity contribution in [1.82, 2.24) is 25.1 Å². The van der Waals surface area contributed by atoms with Crippen molar-refractivity contribution < 1.29 is 32.6 Å². The van der Waals surface area contributed by atoms with Gasteiger partial charge in [0, 0.05) is 25.9 Å². The number of rotatable bonds is 8. The van der Waals surface area contributed by atoms with E-state index in [9.17, 15) is 22.8 Å². The van der Waals surface area contributed by atoms with E-state index in [2.05, 4.69) is 25.1 Å². The van der Waals surface area contributed by atoms with Gasteiger partial charge in [-0.1, -0.05) is 0 Å². The predicted molar refractivity (Wildman–Crippen MR) is 121 cm³/mol. The quantitative estimate of drug-likeness (QED) is 0.476. The summed E-state index contributed by atoms with van der Waals surface area (Å²) < 4.78 is 43.9. The smallest absolute Gasteiger partial charge is 0.478 e. The molecule has 1 saturated carbocycles. The number of alkyl halides is 3. The lowest BCUT2D eigenvalue weighted by molar-refractivity contribution is -0.274. The first-order valence-corrected chi connectivity index (χ1v) is 11.0. The lowest BCUT2D eigenvalue weighted by atomic mass is 10.1. The number of aromatic nitrogens is 4. The van der Waals surface area contributed by atoms with Crippen LogP contribution in [0.5, 0.6) is 5.75 Å². The standard InChI is InChI=1S/C23H23F3N6O4/c1-12(19-29-22(31(2)3)30-32(19)18-7-6-14(11-27-18)21(34)35)28-20(33)16-8-15(13-4-5-13)9-17(10-16)36-23(24,25)26/h6-13H,4-5H2,1-3H3,(H,28,33)(H,34,35)/t12-/m0/s1. The summed E-state index contributed by atoms with van der Waals surface area (Å²) in [5.74, 6) is -1.24. The molecule has 0 bridgehead atoms. The number of anilines is 1. The normalized spacial score (nSPS) is 14.3. The van der Waals surface area contributed by atoms with Crippen LogP contribution in [-0.4, -0.2) is 57.2 Å². The Morgan fingerprint density at radius 2 is 1.92 bits per heavy atom. The van der Waals surface area contributed by atoms with Gasteiger partial charge in [0.15, 0.2) is 11.6 Å². The molecule has 13 heteroatoms. The molecule has 1 aromatic carbocycles. The van der Waals surface area contributed by atoms with E-state index in [0.717, 1.165) is 18.9 Å². The monoisotopic (exact) mass is 504 g/mol. The fraction of sp³-hybridized carbons (Fsp3) is 0.348. The number of carboxylic acids is 1. The molecule has 10 nitrogen and oxygen atoms in total. The van der Waals surface area contributed by atoms with Crippen LogP contribution in [-0.2, 0) is 0 Å². The number of carbonyl (C=O) groups excluding carboxylic acids is 1. The number of hydrogen-bond acceptors (Lipinski definition) is 7. The van der Waals surface area contributed by atoms with Gasteiger partial charge in [-0.15, -0.1) is 18.3 Å². The van der Waals surface area contributed by atoms with E-state index in [1.54, 1.807) is 32.0 Å². The maximum absolute atomic E-state index is 13.1. The van der Waals surface area contributed by atoms with Crippen LogP contribution in [0.3, 0.4) is 0 Å². The summed E-state index contributed by atoms with van der Waals surface area (Å²) in [6.45, 7) is 1.64. The highest BCUT2D eigenvalue weighted by molar-refractivity contribution is 5.95. The molecule has 190 valence electrons. The maximum Gasteiger partial charge on any atom is 0.573 e. The van der Waals surface area contributed by atoms with Gasteiger partial charge in [-0.2, -0.15) is 9.67 Å². The minimum atomic E-state index is -4.88. The Hall–Kier alpha value is -4.16. The van der Waals surface area contributed by atoms with Crippen molar-refractivity contribution in [3.8, 4) is 11.6 Å². The van der Waals surface area contributed by atoms with Crippen LogP contribution in [0.1, 0.15) is 63.8 Å². The molecular formula is C23H23F3N6O4. The SMILES string of the molecule is C[C@H](NC(=O)c1cc(OC(F)(F)F)cc(C2CC2)c1)c1nc(N(C)C)nn1-c1ccc(C(=O)O)cn1. The second-order valence-corrected chi connectivity index (χ2v) is 8.59. The van der Waals surface area contributed by atoms with E-state index < -0.39 is 30.0 Å². The number of hydrogen-bond donors (Lipinski definition) is 2. The van der Waals surface area contributed by atoms with Crippen LogP contribution in [0.2, 0.25) is 0 Å². The lowest BCUT2D eigenvalue weighted by Crippen LogP contribution is -2.29. The summed E-state index contributed by atoms with van der Waals surface area (Å²) in [6, 6.07) is 5.98. The lowest BCUT2D eigenvalue weighted by Gasteiger charge is -2.16. The molecule has 36 heavy (non-hydrogen) atoms. The Labute approximate surface area is 203 Å². The Kier molecular flexibility index (Phi) is 6.57. The Morgan fingerprint density at radius 3 is 2.47 bits per heavy atom. The van der Waals surface area contributed by atoms with Crippen LogP contribution in [0, 0.1) is 0 Å². The van der Waals surface area contributed by atoms with Crippen molar-refractivity contribution in [3.05, 3.63) is 59.0 Å². The minimum absolute atomic E-state index is 0.0120. The Balaban J connectivity index is 1.62. The van der Waals surface area contributed by atoms with Crippen LogP contribution in [0.4, 0.5) is 19.1 Å². The molecule has 0 saturated heterocycles. The highest BCUT2D eigenvalue weighted by atomic mass is 19.4. The van der Waals surface area contributed by atoms with Gasteiger partial charge in [-0.05, 0) is 61.6 Å². The van der Waals surface area contributed by atoms with Crippen LogP contribution in [0.25, 0.3) is 5.82 Å². The zero-order chi connectivity index (χ0) is 26.2. The Bertz CT molecular complexity index is 1290. The first-order chi connectivity index (χ1) is 16.9. The van der Waals surface area contributed by atoms with Gasteiger partial charge >= 0.3 is 12.3 Å². The number of nitrogens with zero attached hydrogens (tertiary/aromatic N) is 5. The number of carboxylic acid groups (broad SMARTS) is 1. The van der Waals surface area contributed by atoms with Gasteiger partial charge in [0.05, 0.1) is 11.6 Å². The Morgan fingerprint density at radius 1 is 1.19 bits per heavy atom. The number of amides is 1. The number of pyridine rings is 1. The number of ether oxygens (including phenoxy) is 1. The van der Waals surface area contributed by atoms with Crippen LogP contribution < -0.4 is 15.0 Å². The van der Waals surface area contributed by atoms with Crippen LogP contribution in [0.15, 0.2) is 36.5 Å². The van der Waals surface area contributed by atoms with Gasteiger partial charge in [0.2, 0.25) is 5.95 Å². The fourth-order valence-electron chi connectivity index (χ4n) is 3.53. The van der Waals surface area contributed by atoms with Crippen molar-refractivity contribution in [2.75, 3.05) is 19.0 Å². The van der Waals surface area contributed by atoms with Crippen molar-refractivity contribution in [1.29, 1.82) is 0 Å². The molecule has 2 heterocycles. The van der Waals surface area contributed by atoms with Gasteiger partial charge in [-0.3, -0.25) is 4.79 Å². The number of carbonyl (C=O) groups is 2. The molecule has 4 rings (SSSR count). The average Bonchev–Trinajstić information content (AvgIpc) is 3.55. The maximum atomic E-state index is 13.1. The summed E-state index contributed by atoms with van der Waals surface area (Å²) in [5, 5.41) is 16.2. The zero-order valence-electron chi connectivity index (χ0n) is 19.6. The molecule has 2 aromatic heterocycles. The summed E-state index contributed by atoms with van der Waals surface area (Å²) in [7, 11) is 3.44. The van der Waals surface area contributed by atoms with Crippen molar-refractivity contribution in [3.63, 3.8) is 0 Å². The number of nitrogens with one attached hydrogen (secondary N) is 1. The van der Waals surface area contributed by atoms with E-state index >= 15 is 0 Å². The highest BCUT2D eigenvalue weighted by Crippen LogP contribution is 2.42. The van der Waals surface area contributed by atoms with Crippen molar-refractivity contribution >= 4 is 17.8 Å². The predicted octanol–water partition coefficient (Wildman–Crippen LogP) is 3.69. The second kappa shape index (κ2) is 9.47. The molecule has 1 aliphatic rings. The summed E-state index contributed by atoms with van der Waals surface area (Å²) in [6.07, 6.45) is -2.05. The number of benzene rings is 1. The van der Waals surface area contributed by atoms with E-state index in [-0.39, 0.29) is 28.7 Å². The molecule has 1 atom stereocenters. The zero-order valence-corrected chi connectivity index (χ0v) is 19.6. The average molecular weight is 504 g/mol. The van der Waals surface area contributed by atoms with E-state index in [1.807, 2.05) is 0 Å². The molecule has 3 aromatic rings. The molecule has 1 fully saturated rings. The topological polar surface area (TPSA) is 122 Å². The summed E-state index contributed by atoms with van der Waals surface area (Å²) >= 11 is 0. The van der Waals surface area contributed by atoms with Gasteiger partial charge in [0.1, 0.15) is 5.75 Å². The highest BCUT2D eigenvalue weighted by Gasteiger charge is 2.33. The van der Waals surface area contributed by atoms with Gasteiger partial charge in [-0.25, -0.2) is 9.78 Å². The van der Waals surface area contributed by atoms with Crippen LogP contribution >= 0.6 is 0 Å². The molecule has 0 unspecified atom stereocenters. The third-order valence-electron chi connectivity index (χ3n) is 5.44. The second-order valence-electron chi connectivity index (χ2n) is 8.59. The van der Waals surface area contributed by atoms with E-state index in [4.69, 9.17) is 5.11 Å². The number of aromatic carboxylic acids is 1. The van der Waals surface area contributed by atoms with Gasteiger partial charge < -0.3 is 20.1 Å². The van der Waals surface area contributed by atoms with E-state index in [1.165, 1.54) is 29.1 Å². The fourth-order valence-corrected chi connectivity index (χ4v) is 3.53. The molecule has 0 spiro atoms. The largest absolute Gasteiger partial charge is 0.573 e. The molecular weight excluding hydrogens is 481 g/mol. The minimum Gasteiger partial charge on any atom is -0.478 e. The van der Waals surface area contributed by atoms with Gasteiger partial charge in [0.25, 0.3) is 5.91 Å². The van der Waals surface area contributed by atoms with Crippen molar-refractivity contribution in [2.45, 2.75) is 38.1 Å². The molecule has 1 aliphatic carbocycles. The number of halogens is 3. The molecule has 2 N–H and O–H groups in total. The third kappa shape index (κ3) is 5.73. The summed E-state index contributed by atoms with van der Waals surface area (Å²) in [5.41, 5.74) is 0.616. The molecule has 1 amide bonds. The first-order valence-electron chi connectivity index (χ1n) is 11.0. The molecule has 0 aliphatic heterocycles. The van der Waals surface area contributed by atoms with E-state index in [0.29, 0.717) is 11.5 Å². The summed E-state index contributed by atoms with van der Waals surface area (Å²) in [4.78, 5) is 34.4. The first kappa shape index (κ1) is 24.9. The third-order valence-corrected chi connectivity index (χ3v) is 5.44. The molecule has 0 radical (unpaired) electrons. The van der Waals surface area contributed by atoms with Crippen molar-refractivity contribution in [2.24, 2.45) is 0 Å².